The molecule has 1 aromatic rings. The lowest BCUT2D eigenvalue weighted by molar-refractivity contribution is 0.00578. The van der Waals surface area contributed by atoms with Crippen LogP contribution < -0.4 is 0 Å². The second-order valence-corrected chi connectivity index (χ2v) is 6.07. The average Bonchev–Trinajstić information content (AvgIpc) is 2.56. The van der Waals surface area contributed by atoms with E-state index in [9.17, 15) is 0 Å². The quantitative estimate of drug-likeness (QED) is 0.759. The van der Waals surface area contributed by atoms with Crippen LogP contribution in [0.4, 0.5) is 0 Å². The average molecular weight is 258 g/mol. The maximum Gasteiger partial charge on any atom is 0.490 e. The lowest BCUT2D eigenvalue weighted by Gasteiger charge is -2.32. The van der Waals surface area contributed by atoms with Gasteiger partial charge in [-0.15, -0.1) is 0 Å². The summed E-state index contributed by atoms with van der Waals surface area (Å²) in [6.45, 7) is 10.5. The van der Waals surface area contributed by atoms with Gasteiger partial charge in [-0.25, -0.2) is 0 Å². The third-order valence-corrected chi connectivity index (χ3v) is 4.12. The van der Waals surface area contributed by atoms with Crippen molar-refractivity contribution >= 4 is 13.2 Å². The molecule has 1 saturated heterocycles. The molecule has 0 saturated carbocycles. The molecule has 0 radical (unpaired) electrons. The number of hydrogen-bond acceptors (Lipinski definition) is 2. The Morgan fingerprint density at radius 2 is 1.58 bits per heavy atom. The maximum atomic E-state index is 6.10. The second-order valence-electron chi connectivity index (χ2n) is 6.07. The van der Waals surface area contributed by atoms with Gasteiger partial charge in [-0.3, -0.25) is 0 Å². The molecule has 1 aromatic carbocycles. The molecule has 19 heavy (non-hydrogen) atoms. The minimum atomic E-state index is -0.275. The van der Waals surface area contributed by atoms with Crippen LogP contribution in [0.2, 0.25) is 0 Å². The number of rotatable bonds is 3. The van der Waals surface area contributed by atoms with Crippen molar-refractivity contribution in [2.45, 2.75) is 52.2 Å². The van der Waals surface area contributed by atoms with Gasteiger partial charge in [-0.05, 0) is 45.2 Å². The van der Waals surface area contributed by atoms with Crippen LogP contribution in [0.5, 0.6) is 0 Å². The van der Waals surface area contributed by atoms with E-state index in [1.807, 2.05) is 18.2 Å². The summed E-state index contributed by atoms with van der Waals surface area (Å²) in [6, 6.07) is 10.3. The number of hydrogen-bond donors (Lipinski definition) is 0. The highest BCUT2D eigenvalue weighted by Gasteiger charge is 2.51. The summed E-state index contributed by atoms with van der Waals surface area (Å²) in [7, 11) is -0.241. The molecule has 0 atom stereocenters. The van der Waals surface area contributed by atoms with Crippen LogP contribution >= 0.6 is 0 Å². The topological polar surface area (TPSA) is 18.5 Å². The minimum Gasteiger partial charge on any atom is -0.400 e. The van der Waals surface area contributed by atoms with E-state index in [4.69, 9.17) is 9.31 Å². The standard InChI is InChI=1S/C16H23BO2/c1-6-14(12-13-10-8-7-9-11-13)17-18-15(2,3)16(4,5)19-17/h7-12H,6H2,1-5H3/b14-12+. The van der Waals surface area contributed by atoms with Crippen molar-refractivity contribution < 1.29 is 9.31 Å². The molecule has 0 aromatic heterocycles. The van der Waals surface area contributed by atoms with E-state index in [1.54, 1.807) is 0 Å². The molecule has 2 nitrogen and oxygen atoms in total. The largest absolute Gasteiger partial charge is 0.490 e. The fraction of sp³-hybridized carbons (Fsp3) is 0.500. The van der Waals surface area contributed by atoms with E-state index < -0.39 is 0 Å². The Labute approximate surface area is 117 Å². The molecule has 2 rings (SSSR count). The maximum absolute atomic E-state index is 6.10. The van der Waals surface area contributed by atoms with Gasteiger partial charge >= 0.3 is 7.12 Å². The Balaban J connectivity index is 2.23. The third-order valence-electron chi connectivity index (χ3n) is 4.12. The fourth-order valence-electron chi connectivity index (χ4n) is 2.09. The number of benzene rings is 1. The highest BCUT2D eigenvalue weighted by Crippen LogP contribution is 2.39. The van der Waals surface area contributed by atoms with Gasteiger partial charge in [0.2, 0.25) is 0 Å². The van der Waals surface area contributed by atoms with Gasteiger partial charge in [0.1, 0.15) is 0 Å². The van der Waals surface area contributed by atoms with Crippen molar-refractivity contribution in [2.75, 3.05) is 0 Å². The summed E-state index contributed by atoms with van der Waals surface area (Å²) in [5.74, 6) is 0. The van der Waals surface area contributed by atoms with Crippen molar-refractivity contribution in [3.63, 3.8) is 0 Å². The van der Waals surface area contributed by atoms with E-state index in [0.717, 1.165) is 6.42 Å². The van der Waals surface area contributed by atoms with Crippen molar-refractivity contribution in [1.29, 1.82) is 0 Å². The van der Waals surface area contributed by atoms with Gasteiger partial charge in [0, 0.05) is 0 Å². The first kappa shape index (κ1) is 14.4. The van der Waals surface area contributed by atoms with Crippen molar-refractivity contribution in [2.24, 2.45) is 0 Å². The molecule has 1 fully saturated rings. The molecular weight excluding hydrogens is 235 g/mol. The van der Waals surface area contributed by atoms with Crippen LogP contribution in [0.1, 0.15) is 46.6 Å². The minimum absolute atomic E-state index is 0.241. The Hall–Kier alpha value is -1.06. The van der Waals surface area contributed by atoms with Crippen molar-refractivity contribution in [1.82, 2.24) is 0 Å². The molecule has 3 heteroatoms. The Morgan fingerprint density at radius 1 is 1.05 bits per heavy atom. The van der Waals surface area contributed by atoms with Gasteiger partial charge in [-0.1, -0.05) is 43.3 Å². The molecule has 0 N–H and O–H groups in total. The third kappa shape index (κ3) is 2.93. The molecule has 0 aliphatic carbocycles. The first-order valence-corrected chi connectivity index (χ1v) is 6.97. The van der Waals surface area contributed by atoms with E-state index >= 15 is 0 Å². The highest BCUT2D eigenvalue weighted by atomic mass is 16.7. The van der Waals surface area contributed by atoms with Crippen LogP contribution in [0, 0.1) is 0 Å². The summed E-state index contributed by atoms with van der Waals surface area (Å²) in [5.41, 5.74) is 1.82. The van der Waals surface area contributed by atoms with Gasteiger partial charge in [-0.2, -0.15) is 0 Å². The lowest BCUT2D eigenvalue weighted by atomic mass is 9.75. The first-order chi connectivity index (χ1) is 8.86. The lowest BCUT2D eigenvalue weighted by Crippen LogP contribution is -2.41. The fourth-order valence-corrected chi connectivity index (χ4v) is 2.09. The molecule has 1 heterocycles. The van der Waals surface area contributed by atoms with Crippen LogP contribution in [0.25, 0.3) is 6.08 Å². The zero-order valence-corrected chi connectivity index (χ0v) is 12.6. The summed E-state index contributed by atoms with van der Waals surface area (Å²) in [5, 5.41) is 0. The van der Waals surface area contributed by atoms with Crippen LogP contribution in [-0.2, 0) is 9.31 Å². The zero-order valence-electron chi connectivity index (χ0n) is 12.6. The molecule has 0 bridgehead atoms. The highest BCUT2D eigenvalue weighted by molar-refractivity contribution is 6.55. The summed E-state index contributed by atoms with van der Waals surface area (Å²) < 4.78 is 12.2. The summed E-state index contributed by atoms with van der Waals surface area (Å²) in [4.78, 5) is 0. The normalized spacial score (nSPS) is 21.7. The van der Waals surface area contributed by atoms with Gasteiger partial charge in [0.05, 0.1) is 11.2 Å². The van der Waals surface area contributed by atoms with Gasteiger partial charge in [0.25, 0.3) is 0 Å². The molecular formula is C16H23BO2. The molecule has 1 aliphatic rings. The summed E-state index contributed by atoms with van der Waals surface area (Å²) in [6.07, 6.45) is 3.09. The summed E-state index contributed by atoms with van der Waals surface area (Å²) >= 11 is 0. The monoisotopic (exact) mass is 258 g/mol. The van der Waals surface area contributed by atoms with E-state index in [-0.39, 0.29) is 18.3 Å². The Morgan fingerprint density at radius 3 is 2.05 bits per heavy atom. The van der Waals surface area contributed by atoms with Crippen molar-refractivity contribution in [3.05, 3.63) is 41.4 Å². The van der Waals surface area contributed by atoms with Crippen LogP contribution in [0.3, 0.4) is 0 Å². The zero-order chi connectivity index (χ0) is 14.1. The molecule has 0 spiro atoms. The molecule has 1 aliphatic heterocycles. The SMILES string of the molecule is CC/C(=C\c1ccccc1)B1OC(C)(C)C(C)(C)O1. The van der Waals surface area contributed by atoms with E-state index in [2.05, 4.69) is 52.8 Å². The molecule has 0 amide bonds. The predicted molar refractivity (Wildman–Crippen MR) is 80.8 cm³/mol. The van der Waals surface area contributed by atoms with Crippen LogP contribution in [-0.4, -0.2) is 18.3 Å². The van der Waals surface area contributed by atoms with Gasteiger partial charge in [0.15, 0.2) is 0 Å². The Kier molecular flexibility index (Phi) is 3.89. The van der Waals surface area contributed by atoms with E-state index in [0.29, 0.717) is 0 Å². The second kappa shape index (κ2) is 5.14. The molecule has 102 valence electrons. The van der Waals surface area contributed by atoms with Gasteiger partial charge < -0.3 is 9.31 Å². The van der Waals surface area contributed by atoms with E-state index in [1.165, 1.54) is 11.0 Å². The first-order valence-electron chi connectivity index (χ1n) is 6.97. The molecule has 0 unspecified atom stereocenters. The number of allylic oxidation sites excluding steroid dienone is 1. The Bertz CT molecular complexity index is 447. The van der Waals surface area contributed by atoms with Crippen molar-refractivity contribution in [3.8, 4) is 0 Å². The smallest absolute Gasteiger partial charge is 0.400 e. The van der Waals surface area contributed by atoms with Crippen LogP contribution in [0.15, 0.2) is 35.8 Å². The predicted octanol–water partition coefficient (Wildman–Crippen LogP) is 4.11.